The summed E-state index contributed by atoms with van der Waals surface area (Å²) >= 11 is 0. The van der Waals surface area contributed by atoms with Crippen LogP contribution >= 0.6 is 0 Å². The van der Waals surface area contributed by atoms with Crippen molar-refractivity contribution in [3.05, 3.63) is 35.4 Å². The van der Waals surface area contributed by atoms with E-state index in [0.29, 0.717) is 17.5 Å². The van der Waals surface area contributed by atoms with Crippen molar-refractivity contribution in [2.45, 2.75) is 57.9 Å². The number of aliphatic hydroxyl groups is 1. The van der Waals surface area contributed by atoms with E-state index in [0.717, 1.165) is 0 Å². The van der Waals surface area contributed by atoms with E-state index in [1.54, 1.807) is 52.0 Å². The Morgan fingerprint density at radius 1 is 1.12 bits per heavy atom. The van der Waals surface area contributed by atoms with Crippen molar-refractivity contribution in [1.29, 1.82) is 0 Å². The Hall–Kier alpha value is -1.80. The first-order valence-corrected chi connectivity index (χ1v) is 8.74. The lowest BCUT2D eigenvalue weighted by molar-refractivity contribution is -0.183. The third kappa shape index (κ3) is 3.96. The van der Waals surface area contributed by atoms with Crippen LogP contribution in [-0.4, -0.2) is 58.8 Å². The van der Waals surface area contributed by atoms with E-state index in [1.807, 2.05) is 0 Å². The van der Waals surface area contributed by atoms with Gasteiger partial charge in [0.1, 0.15) is 6.10 Å². The van der Waals surface area contributed by atoms with Crippen LogP contribution in [0.4, 0.5) is 0 Å². The van der Waals surface area contributed by atoms with E-state index in [2.05, 4.69) is 0 Å². The summed E-state index contributed by atoms with van der Waals surface area (Å²) in [7, 11) is 0. The molecule has 0 spiro atoms. The molecule has 1 saturated heterocycles. The molecule has 7 nitrogen and oxygen atoms in total. The van der Waals surface area contributed by atoms with E-state index in [-0.39, 0.29) is 31.1 Å². The fourth-order valence-corrected chi connectivity index (χ4v) is 3.32. The lowest BCUT2D eigenvalue weighted by atomic mass is 10.1. The summed E-state index contributed by atoms with van der Waals surface area (Å²) in [6, 6.07) is 6.78. The van der Waals surface area contributed by atoms with Gasteiger partial charge in [0, 0.05) is 0 Å². The third-order valence-corrected chi connectivity index (χ3v) is 4.38. The van der Waals surface area contributed by atoms with Crippen molar-refractivity contribution in [2.24, 2.45) is 0 Å². The molecule has 2 atom stereocenters. The average Bonchev–Trinajstić information content (AvgIpc) is 2.95. The SMILES string of the molecule is CC(C)(O)OCCC1OC(C)(C)OC1CN1C(=O)c2ccccc2C1=O. The van der Waals surface area contributed by atoms with Crippen LogP contribution in [0.3, 0.4) is 0 Å². The van der Waals surface area contributed by atoms with Crippen LogP contribution in [0.5, 0.6) is 0 Å². The minimum atomic E-state index is -1.23. The van der Waals surface area contributed by atoms with Crippen LogP contribution in [0.25, 0.3) is 0 Å². The van der Waals surface area contributed by atoms with Crippen molar-refractivity contribution in [1.82, 2.24) is 4.90 Å². The van der Waals surface area contributed by atoms with Gasteiger partial charge in [-0.3, -0.25) is 14.5 Å². The van der Waals surface area contributed by atoms with E-state index < -0.39 is 17.7 Å². The lowest BCUT2D eigenvalue weighted by Gasteiger charge is -2.23. The molecule has 1 N–H and O–H groups in total. The Balaban J connectivity index is 1.69. The van der Waals surface area contributed by atoms with Gasteiger partial charge in [-0.25, -0.2) is 0 Å². The Labute approximate surface area is 152 Å². The zero-order chi connectivity index (χ0) is 19.1. The molecule has 7 heteroatoms. The highest BCUT2D eigenvalue weighted by Crippen LogP contribution is 2.32. The minimum Gasteiger partial charge on any atom is -0.366 e. The molecule has 0 aromatic heterocycles. The highest BCUT2D eigenvalue weighted by molar-refractivity contribution is 6.21. The summed E-state index contributed by atoms with van der Waals surface area (Å²) in [5.41, 5.74) is 0.829. The molecule has 1 fully saturated rings. The number of carbonyl (C=O) groups excluding carboxylic acids is 2. The molecule has 0 bridgehead atoms. The van der Waals surface area contributed by atoms with E-state index in [1.165, 1.54) is 4.90 Å². The van der Waals surface area contributed by atoms with Crippen LogP contribution in [0, 0.1) is 0 Å². The molecule has 1 aromatic carbocycles. The molecule has 2 aliphatic rings. The van der Waals surface area contributed by atoms with Crippen LogP contribution in [-0.2, 0) is 14.2 Å². The second-order valence-corrected chi connectivity index (χ2v) is 7.56. The first-order chi connectivity index (χ1) is 12.1. The second-order valence-electron chi connectivity index (χ2n) is 7.56. The summed E-state index contributed by atoms with van der Waals surface area (Å²) in [5, 5.41) is 9.67. The van der Waals surface area contributed by atoms with Gasteiger partial charge in [-0.2, -0.15) is 0 Å². The van der Waals surface area contributed by atoms with Crippen LogP contribution in [0.15, 0.2) is 24.3 Å². The van der Waals surface area contributed by atoms with Crippen LogP contribution in [0.2, 0.25) is 0 Å². The van der Waals surface area contributed by atoms with Gasteiger partial charge in [0.2, 0.25) is 0 Å². The fraction of sp³-hybridized carbons (Fsp3) is 0.579. The fourth-order valence-electron chi connectivity index (χ4n) is 3.32. The van der Waals surface area contributed by atoms with Crippen LogP contribution in [0.1, 0.15) is 54.8 Å². The van der Waals surface area contributed by atoms with Crippen molar-refractivity contribution in [2.75, 3.05) is 13.2 Å². The van der Waals surface area contributed by atoms with Gasteiger partial charge < -0.3 is 19.3 Å². The molecule has 2 unspecified atom stereocenters. The van der Waals surface area contributed by atoms with Gasteiger partial charge in [0.25, 0.3) is 11.8 Å². The van der Waals surface area contributed by atoms with Crippen molar-refractivity contribution in [3.63, 3.8) is 0 Å². The molecule has 2 aliphatic heterocycles. The molecular weight excluding hydrogens is 338 g/mol. The van der Waals surface area contributed by atoms with Gasteiger partial charge in [-0.15, -0.1) is 0 Å². The Bertz CT molecular complexity index is 673. The molecule has 0 saturated carbocycles. The highest BCUT2D eigenvalue weighted by atomic mass is 16.8. The van der Waals surface area contributed by atoms with Crippen molar-refractivity contribution in [3.8, 4) is 0 Å². The highest BCUT2D eigenvalue weighted by Gasteiger charge is 2.45. The molecule has 2 heterocycles. The third-order valence-electron chi connectivity index (χ3n) is 4.38. The van der Waals surface area contributed by atoms with Gasteiger partial charge in [-0.1, -0.05) is 12.1 Å². The number of hydrogen-bond donors (Lipinski definition) is 1. The van der Waals surface area contributed by atoms with Gasteiger partial charge in [-0.05, 0) is 46.2 Å². The molecule has 1 aromatic rings. The maximum Gasteiger partial charge on any atom is 0.261 e. The maximum absolute atomic E-state index is 12.6. The van der Waals surface area contributed by atoms with Gasteiger partial charge >= 0.3 is 0 Å². The Morgan fingerprint density at radius 2 is 1.65 bits per heavy atom. The molecule has 142 valence electrons. The van der Waals surface area contributed by atoms with Crippen molar-refractivity contribution < 1.29 is 28.9 Å². The molecule has 3 rings (SSSR count). The largest absolute Gasteiger partial charge is 0.366 e. The van der Waals surface area contributed by atoms with Gasteiger partial charge in [0.15, 0.2) is 11.6 Å². The number of amides is 2. The maximum atomic E-state index is 12.6. The normalized spacial score (nSPS) is 25.0. The number of fused-ring (bicyclic) bond motifs is 1. The van der Waals surface area contributed by atoms with Gasteiger partial charge in [0.05, 0.1) is 30.4 Å². The van der Waals surface area contributed by atoms with E-state index in [4.69, 9.17) is 14.2 Å². The first kappa shape index (κ1) is 19.0. The number of carbonyl (C=O) groups is 2. The number of rotatable bonds is 6. The molecular formula is C19H25NO6. The first-order valence-electron chi connectivity index (χ1n) is 8.74. The summed E-state index contributed by atoms with van der Waals surface area (Å²) in [5.74, 6) is -2.67. The Kier molecular flexibility index (Phi) is 4.92. The zero-order valence-electron chi connectivity index (χ0n) is 15.5. The average molecular weight is 363 g/mol. The van der Waals surface area contributed by atoms with Crippen molar-refractivity contribution >= 4 is 11.8 Å². The Morgan fingerprint density at radius 3 is 2.19 bits per heavy atom. The topological polar surface area (TPSA) is 85.3 Å². The predicted octanol–water partition coefficient (Wildman–Crippen LogP) is 1.94. The molecule has 2 amide bonds. The van der Waals surface area contributed by atoms with E-state index >= 15 is 0 Å². The zero-order valence-corrected chi connectivity index (χ0v) is 15.5. The summed E-state index contributed by atoms with van der Waals surface area (Å²) in [6.07, 6.45) is -0.337. The number of imide groups is 1. The molecule has 26 heavy (non-hydrogen) atoms. The minimum absolute atomic E-state index is 0.114. The molecule has 0 radical (unpaired) electrons. The summed E-state index contributed by atoms with van der Waals surface area (Å²) in [4.78, 5) is 26.3. The summed E-state index contributed by atoms with van der Waals surface area (Å²) in [6.45, 7) is 7.08. The standard InChI is InChI=1S/C19H25NO6/c1-18(2,23)24-10-9-14-15(26-19(3,4)25-14)11-20-16(21)12-7-5-6-8-13(12)17(20)22/h5-8,14-15,23H,9-11H2,1-4H3. The summed E-state index contributed by atoms with van der Waals surface area (Å²) < 4.78 is 17.2. The number of nitrogens with zero attached hydrogens (tertiary/aromatic N) is 1. The second kappa shape index (κ2) is 6.74. The smallest absolute Gasteiger partial charge is 0.261 e. The molecule has 0 aliphatic carbocycles. The van der Waals surface area contributed by atoms with Crippen LogP contribution < -0.4 is 0 Å². The number of benzene rings is 1. The number of ether oxygens (including phenoxy) is 3. The lowest BCUT2D eigenvalue weighted by Crippen LogP contribution is -2.41. The van der Waals surface area contributed by atoms with E-state index in [9.17, 15) is 14.7 Å². The number of hydrogen-bond acceptors (Lipinski definition) is 6. The quantitative estimate of drug-likeness (QED) is 0.614. The monoisotopic (exact) mass is 363 g/mol. The predicted molar refractivity (Wildman–Crippen MR) is 92.5 cm³/mol.